The second kappa shape index (κ2) is 7.39. The van der Waals surface area contributed by atoms with Gasteiger partial charge in [-0.1, -0.05) is 24.3 Å². The average Bonchev–Trinajstić information content (AvgIpc) is 3.07. The number of carbonyl (C=O) groups is 1. The molecule has 1 aromatic heterocycles. The van der Waals surface area contributed by atoms with Crippen LogP contribution in [0.5, 0.6) is 0 Å². The van der Waals surface area contributed by atoms with Gasteiger partial charge in [0.2, 0.25) is 5.91 Å². The molecule has 2 atom stereocenters. The summed E-state index contributed by atoms with van der Waals surface area (Å²) in [6, 6.07) is 9.70. The summed E-state index contributed by atoms with van der Waals surface area (Å²) in [5, 5.41) is 10.4. The maximum absolute atomic E-state index is 12.3. The molecular formula is C17H22N4O2. The highest BCUT2D eigenvalue weighted by Crippen LogP contribution is 2.11. The van der Waals surface area contributed by atoms with Gasteiger partial charge in [0.25, 0.3) is 0 Å². The van der Waals surface area contributed by atoms with Crippen molar-refractivity contribution < 1.29 is 9.53 Å². The Bertz CT molecular complexity index is 642. The van der Waals surface area contributed by atoms with Crippen molar-refractivity contribution in [2.45, 2.75) is 32.2 Å². The van der Waals surface area contributed by atoms with Gasteiger partial charge in [-0.15, -0.1) is 0 Å². The highest BCUT2D eigenvalue weighted by atomic mass is 16.5. The minimum absolute atomic E-state index is 0.0221. The molecule has 0 aliphatic carbocycles. The molecule has 23 heavy (non-hydrogen) atoms. The molecule has 0 bridgehead atoms. The third-order valence-corrected chi connectivity index (χ3v) is 4.06. The number of hydrogen-bond donors (Lipinski definition) is 2. The number of amides is 1. The molecular weight excluding hydrogens is 292 g/mol. The highest BCUT2D eigenvalue weighted by molar-refractivity contribution is 5.82. The first kappa shape index (κ1) is 15.7. The van der Waals surface area contributed by atoms with Gasteiger partial charge in [-0.05, 0) is 24.1 Å². The Hall–Kier alpha value is -2.18. The lowest BCUT2D eigenvalue weighted by Gasteiger charge is -2.29. The number of carbonyl (C=O) groups excluding carboxylic acids is 1. The average molecular weight is 314 g/mol. The molecule has 1 aliphatic heterocycles. The van der Waals surface area contributed by atoms with E-state index in [9.17, 15) is 4.79 Å². The monoisotopic (exact) mass is 314 g/mol. The summed E-state index contributed by atoms with van der Waals surface area (Å²) in [5.41, 5.74) is 2.25. The van der Waals surface area contributed by atoms with Crippen LogP contribution in [-0.2, 0) is 22.6 Å². The Balaban J connectivity index is 1.62. The fourth-order valence-electron chi connectivity index (χ4n) is 2.77. The lowest BCUT2D eigenvalue weighted by Crippen LogP contribution is -2.55. The van der Waals surface area contributed by atoms with Crippen molar-refractivity contribution in [1.82, 2.24) is 20.4 Å². The number of nitrogens with zero attached hydrogens (tertiary/aromatic N) is 2. The maximum atomic E-state index is 12.3. The second-order valence-corrected chi connectivity index (χ2v) is 5.70. The summed E-state index contributed by atoms with van der Waals surface area (Å²) in [4.78, 5) is 12.3. The van der Waals surface area contributed by atoms with Crippen LogP contribution in [0.15, 0.2) is 42.7 Å². The minimum atomic E-state index is -0.290. The molecule has 6 heteroatoms. The second-order valence-electron chi connectivity index (χ2n) is 5.70. The molecule has 122 valence electrons. The third kappa shape index (κ3) is 3.97. The Morgan fingerprint density at radius 3 is 2.96 bits per heavy atom. The zero-order valence-electron chi connectivity index (χ0n) is 13.2. The number of nitrogens with one attached hydrogen (secondary N) is 2. The minimum Gasteiger partial charge on any atom is -0.375 e. The summed E-state index contributed by atoms with van der Waals surface area (Å²) >= 11 is 0. The van der Waals surface area contributed by atoms with E-state index in [0.717, 1.165) is 11.1 Å². The number of aromatic nitrogens is 2. The molecule has 1 aliphatic rings. The van der Waals surface area contributed by atoms with Crippen LogP contribution in [0.25, 0.3) is 0 Å². The molecule has 1 aromatic carbocycles. The summed E-state index contributed by atoms with van der Waals surface area (Å²) < 4.78 is 7.40. The van der Waals surface area contributed by atoms with Gasteiger partial charge in [0.05, 0.1) is 19.3 Å². The molecule has 1 saturated heterocycles. The molecule has 0 radical (unpaired) electrons. The standard InChI is InChI=1S/C17H22N4O2/c1-13-16(18-8-10-23-13)17(22)19-11-14-5-2-3-6-15(14)12-21-9-4-7-20-21/h2-7,9,13,16,18H,8,10-12H2,1H3,(H,19,22)/t13-,16+/m1/s1. The predicted octanol–water partition coefficient (Wildman–Crippen LogP) is 0.924. The van der Waals surface area contributed by atoms with Gasteiger partial charge < -0.3 is 15.4 Å². The van der Waals surface area contributed by atoms with E-state index in [1.807, 2.05) is 42.1 Å². The number of hydrogen-bond acceptors (Lipinski definition) is 4. The normalized spacial score (nSPS) is 21.1. The predicted molar refractivity (Wildman–Crippen MR) is 86.8 cm³/mol. The molecule has 1 amide bonds. The first-order valence-electron chi connectivity index (χ1n) is 7.91. The van der Waals surface area contributed by atoms with Crippen LogP contribution in [0.1, 0.15) is 18.1 Å². The molecule has 0 unspecified atom stereocenters. The van der Waals surface area contributed by atoms with Crippen molar-refractivity contribution in [3.8, 4) is 0 Å². The maximum Gasteiger partial charge on any atom is 0.240 e. The molecule has 2 aromatic rings. The van der Waals surface area contributed by atoms with Crippen molar-refractivity contribution in [2.24, 2.45) is 0 Å². The SMILES string of the molecule is C[C@H]1OCCN[C@@H]1C(=O)NCc1ccccc1Cn1cccn1. The van der Waals surface area contributed by atoms with Crippen LogP contribution in [0.3, 0.4) is 0 Å². The molecule has 3 rings (SSSR count). The largest absolute Gasteiger partial charge is 0.375 e. The Morgan fingerprint density at radius 1 is 1.39 bits per heavy atom. The molecule has 0 spiro atoms. The molecule has 1 fully saturated rings. The van der Waals surface area contributed by atoms with E-state index in [1.165, 1.54) is 0 Å². The van der Waals surface area contributed by atoms with Crippen molar-refractivity contribution in [3.05, 3.63) is 53.9 Å². The van der Waals surface area contributed by atoms with Gasteiger partial charge in [-0.2, -0.15) is 5.10 Å². The van der Waals surface area contributed by atoms with Crippen LogP contribution in [0.4, 0.5) is 0 Å². The fourth-order valence-corrected chi connectivity index (χ4v) is 2.77. The molecule has 6 nitrogen and oxygen atoms in total. The van der Waals surface area contributed by atoms with E-state index < -0.39 is 0 Å². The molecule has 2 N–H and O–H groups in total. The summed E-state index contributed by atoms with van der Waals surface area (Å²) in [6.45, 7) is 4.47. The quantitative estimate of drug-likeness (QED) is 0.861. The van der Waals surface area contributed by atoms with Crippen LogP contribution in [0, 0.1) is 0 Å². The smallest absolute Gasteiger partial charge is 0.240 e. The van der Waals surface area contributed by atoms with E-state index in [-0.39, 0.29) is 18.1 Å². The van der Waals surface area contributed by atoms with Crippen molar-refractivity contribution in [2.75, 3.05) is 13.2 Å². The summed E-state index contributed by atoms with van der Waals surface area (Å²) in [5.74, 6) is -0.0221. The lowest BCUT2D eigenvalue weighted by atomic mass is 10.1. The highest BCUT2D eigenvalue weighted by Gasteiger charge is 2.27. The van der Waals surface area contributed by atoms with Gasteiger partial charge in [-0.3, -0.25) is 9.48 Å². The Morgan fingerprint density at radius 2 is 2.22 bits per heavy atom. The summed E-state index contributed by atoms with van der Waals surface area (Å²) in [7, 11) is 0. The topological polar surface area (TPSA) is 68.2 Å². The van der Waals surface area contributed by atoms with E-state index in [4.69, 9.17) is 4.74 Å². The lowest BCUT2D eigenvalue weighted by molar-refractivity contribution is -0.129. The van der Waals surface area contributed by atoms with Gasteiger partial charge >= 0.3 is 0 Å². The van der Waals surface area contributed by atoms with Crippen LogP contribution in [-0.4, -0.2) is 41.0 Å². The van der Waals surface area contributed by atoms with Crippen LogP contribution in [0.2, 0.25) is 0 Å². The van der Waals surface area contributed by atoms with Gasteiger partial charge in [-0.25, -0.2) is 0 Å². The Labute approximate surface area is 135 Å². The first-order valence-corrected chi connectivity index (χ1v) is 7.91. The van der Waals surface area contributed by atoms with Gasteiger partial charge in [0.15, 0.2) is 0 Å². The van der Waals surface area contributed by atoms with E-state index >= 15 is 0 Å². The summed E-state index contributed by atoms with van der Waals surface area (Å²) in [6.07, 6.45) is 3.59. The van der Waals surface area contributed by atoms with E-state index in [1.54, 1.807) is 6.20 Å². The van der Waals surface area contributed by atoms with E-state index in [2.05, 4.69) is 21.8 Å². The fraction of sp³-hybridized carbons (Fsp3) is 0.412. The zero-order valence-corrected chi connectivity index (χ0v) is 13.2. The number of ether oxygens (including phenoxy) is 1. The van der Waals surface area contributed by atoms with Crippen molar-refractivity contribution in [1.29, 1.82) is 0 Å². The first-order chi connectivity index (χ1) is 11.2. The zero-order chi connectivity index (χ0) is 16.1. The van der Waals surface area contributed by atoms with Crippen molar-refractivity contribution in [3.63, 3.8) is 0 Å². The molecule has 2 heterocycles. The van der Waals surface area contributed by atoms with Crippen LogP contribution >= 0.6 is 0 Å². The van der Waals surface area contributed by atoms with Gasteiger partial charge in [0, 0.05) is 25.5 Å². The van der Waals surface area contributed by atoms with Gasteiger partial charge in [0.1, 0.15) is 6.04 Å². The number of benzene rings is 1. The third-order valence-electron chi connectivity index (χ3n) is 4.06. The Kier molecular flexibility index (Phi) is 5.05. The number of morpholine rings is 1. The van der Waals surface area contributed by atoms with Crippen molar-refractivity contribution >= 4 is 5.91 Å². The van der Waals surface area contributed by atoms with Crippen LogP contribution < -0.4 is 10.6 Å². The number of rotatable bonds is 5. The van der Waals surface area contributed by atoms with E-state index in [0.29, 0.717) is 26.2 Å². The molecule has 0 saturated carbocycles.